The molecule has 0 aliphatic heterocycles. The van der Waals surface area contributed by atoms with E-state index in [1.807, 2.05) is 37.3 Å². The number of hydrogen-bond donors (Lipinski definition) is 1. The standard InChI is InChI=1S/C11H14BrNO/c1-2-10(12)11(14)13-8-9-6-4-3-5-7-9/h3-7,10H,2,8H2,1H3,(H,13,14)/t10-/m0/s1. The fraction of sp³-hybridized carbons (Fsp3) is 0.364. The molecule has 1 atom stereocenters. The molecule has 1 rings (SSSR count). The summed E-state index contributed by atoms with van der Waals surface area (Å²) in [4.78, 5) is 11.3. The van der Waals surface area contributed by atoms with Gasteiger partial charge in [-0.15, -0.1) is 0 Å². The molecule has 2 nitrogen and oxygen atoms in total. The van der Waals surface area contributed by atoms with E-state index in [1.165, 1.54) is 0 Å². The Morgan fingerprint density at radius 2 is 2.07 bits per heavy atom. The average Bonchev–Trinajstić information content (AvgIpc) is 2.26. The van der Waals surface area contributed by atoms with Gasteiger partial charge >= 0.3 is 0 Å². The lowest BCUT2D eigenvalue weighted by Crippen LogP contribution is -2.30. The molecule has 0 saturated heterocycles. The molecule has 0 saturated carbocycles. The van der Waals surface area contributed by atoms with Crippen LogP contribution in [0, 0.1) is 0 Å². The van der Waals surface area contributed by atoms with Gasteiger partial charge in [0.25, 0.3) is 0 Å². The van der Waals surface area contributed by atoms with Crippen LogP contribution in [0.4, 0.5) is 0 Å². The molecule has 0 aliphatic carbocycles. The summed E-state index contributed by atoms with van der Waals surface area (Å²) in [5, 5.41) is 2.86. The third-order valence-corrected chi connectivity index (χ3v) is 3.02. The van der Waals surface area contributed by atoms with Crippen LogP contribution in [-0.2, 0) is 11.3 Å². The first kappa shape index (κ1) is 11.2. The first-order valence-corrected chi connectivity index (χ1v) is 5.61. The zero-order valence-electron chi connectivity index (χ0n) is 8.16. The smallest absolute Gasteiger partial charge is 0.234 e. The van der Waals surface area contributed by atoms with Crippen LogP contribution in [0.25, 0.3) is 0 Å². The highest BCUT2D eigenvalue weighted by Gasteiger charge is 2.10. The minimum Gasteiger partial charge on any atom is -0.351 e. The Morgan fingerprint density at radius 3 is 2.64 bits per heavy atom. The van der Waals surface area contributed by atoms with E-state index < -0.39 is 0 Å². The number of carbonyl (C=O) groups excluding carboxylic acids is 1. The summed E-state index contributed by atoms with van der Waals surface area (Å²) >= 11 is 3.30. The molecule has 0 aromatic heterocycles. The molecule has 0 heterocycles. The third kappa shape index (κ3) is 3.50. The molecular weight excluding hydrogens is 242 g/mol. The second kappa shape index (κ2) is 5.81. The molecule has 0 aliphatic rings. The predicted molar refractivity (Wildman–Crippen MR) is 61.3 cm³/mol. The van der Waals surface area contributed by atoms with E-state index in [2.05, 4.69) is 21.2 Å². The minimum atomic E-state index is -0.0776. The van der Waals surface area contributed by atoms with Crippen LogP contribution in [-0.4, -0.2) is 10.7 Å². The van der Waals surface area contributed by atoms with Crippen LogP contribution in [0.15, 0.2) is 30.3 Å². The third-order valence-electron chi connectivity index (χ3n) is 1.95. The molecule has 14 heavy (non-hydrogen) atoms. The van der Waals surface area contributed by atoms with Crippen molar-refractivity contribution in [1.82, 2.24) is 5.32 Å². The lowest BCUT2D eigenvalue weighted by molar-refractivity contribution is -0.120. The van der Waals surface area contributed by atoms with Gasteiger partial charge in [-0.1, -0.05) is 53.2 Å². The Kier molecular flexibility index (Phi) is 4.66. The Labute approximate surface area is 92.8 Å². The van der Waals surface area contributed by atoms with Gasteiger partial charge in [0.05, 0.1) is 4.83 Å². The minimum absolute atomic E-state index is 0.0522. The molecule has 1 amide bonds. The van der Waals surface area contributed by atoms with Crippen molar-refractivity contribution >= 4 is 21.8 Å². The number of amides is 1. The van der Waals surface area contributed by atoms with E-state index in [-0.39, 0.29) is 10.7 Å². The maximum absolute atomic E-state index is 11.4. The monoisotopic (exact) mass is 255 g/mol. The van der Waals surface area contributed by atoms with Gasteiger partial charge in [-0.25, -0.2) is 0 Å². The number of benzene rings is 1. The van der Waals surface area contributed by atoms with Crippen LogP contribution in [0.2, 0.25) is 0 Å². The van der Waals surface area contributed by atoms with Gasteiger partial charge < -0.3 is 5.32 Å². The summed E-state index contributed by atoms with van der Waals surface area (Å²) in [5.74, 6) is 0.0522. The van der Waals surface area contributed by atoms with Crippen molar-refractivity contribution in [3.05, 3.63) is 35.9 Å². The highest BCUT2D eigenvalue weighted by atomic mass is 79.9. The van der Waals surface area contributed by atoms with E-state index in [0.717, 1.165) is 12.0 Å². The second-order valence-electron chi connectivity index (χ2n) is 3.08. The van der Waals surface area contributed by atoms with Gasteiger partial charge in [-0.3, -0.25) is 4.79 Å². The van der Waals surface area contributed by atoms with Crippen LogP contribution in [0.5, 0.6) is 0 Å². The molecule has 1 N–H and O–H groups in total. The van der Waals surface area contributed by atoms with Gasteiger partial charge in [0.15, 0.2) is 0 Å². The van der Waals surface area contributed by atoms with Crippen LogP contribution in [0.1, 0.15) is 18.9 Å². The summed E-state index contributed by atoms with van der Waals surface area (Å²) in [6.07, 6.45) is 0.806. The zero-order valence-corrected chi connectivity index (χ0v) is 9.75. The first-order valence-electron chi connectivity index (χ1n) is 4.69. The van der Waals surface area contributed by atoms with E-state index in [1.54, 1.807) is 0 Å². The van der Waals surface area contributed by atoms with E-state index in [9.17, 15) is 4.79 Å². The Balaban J connectivity index is 2.38. The highest BCUT2D eigenvalue weighted by Crippen LogP contribution is 2.04. The number of hydrogen-bond acceptors (Lipinski definition) is 1. The topological polar surface area (TPSA) is 29.1 Å². The fourth-order valence-corrected chi connectivity index (χ4v) is 1.24. The number of halogens is 1. The van der Waals surface area contributed by atoms with E-state index >= 15 is 0 Å². The normalized spacial score (nSPS) is 12.1. The largest absolute Gasteiger partial charge is 0.351 e. The lowest BCUT2D eigenvalue weighted by Gasteiger charge is -2.08. The molecule has 3 heteroatoms. The number of nitrogens with one attached hydrogen (secondary N) is 1. The van der Waals surface area contributed by atoms with Gasteiger partial charge in [0.2, 0.25) is 5.91 Å². The molecule has 0 spiro atoms. The molecule has 76 valence electrons. The summed E-state index contributed by atoms with van der Waals surface area (Å²) in [5.41, 5.74) is 1.12. The Hall–Kier alpha value is -0.830. The molecule has 1 aromatic carbocycles. The number of rotatable bonds is 4. The lowest BCUT2D eigenvalue weighted by atomic mass is 10.2. The van der Waals surface area contributed by atoms with Crippen molar-refractivity contribution in [2.24, 2.45) is 0 Å². The average molecular weight is 256 g/mol. The molecular formula is C11H14BrNO. The molecule has 0 radical (unpaired) electrons. The van der Waals surface area contributed by atoms with E-state index in [0.29, 0.717) is 6.54 Å². The molecule has 0 bridgehead atoms. The second-order valence-corrected chi connectivity index (χ2v) is 4.18. The zero-order chi connectivity index (χ0) is 10.4. The fourth-order valence-electron chi connectivity index (χ4n) is 1.08. The van der Waals surface area contributed by atoms with Crippen molar-refractivity contribution in [3.8, 4) is 0 Å². The van der Waals surface area contributed by atoms with Crippen molar-refractivity contribution < 1.29 is 4.79 Å². The maximum Gasteiger partial charge on any atom is 0.234 e. The SMILES string of the molecule is CC[C@H](Br)C(=O)NCc1ccccc1. The van der Waals surface area contributed by atoms with E-state index in [4.69, 9.17) is 0 Å². The summed E-state index contributed by atoms with van der Waals surface area (Å²) in [6.45, 7) is 2.57. The number of carbonyl (C=O) groups is 1. The van der Waals surface area contributed by atoms with Crippen LogP contribution >= 0.6 is 15.9 Å². The van der Waals surface area contributed by atoms with Gasteiger partial charge in [-0.2, -0.15) is 0 Å². The highest BCUT2D eigenvalue weighted by molar-refractivity contribution is 9.10. The van der Waals surface area contributed by atoms with Crippen LogP contribution in [0.3, 0.4) is 0 Å². The quantitative estimate of drug-likeness (QED) is 0.824. The number of alkyl halides is 1. The van der Waals surface area contributed by atoms with Gasteiger partial charge in [0.1, 0.15) is 0 Å². The van der Waals surface area contributed by atoms with Gasteiger partial charge in [0, 0.05) is 6.54 Å². The van der Waals surface area contributed by atoms with Crippen molar-refractivity contribution in [2.45, 2.75) is 24.7 Å². The molecule has 1 aromatic rings. The van der Waals surface area contributed by atoms with Crippen molar-refractivity contribution in [3.63, 3.8) is 0 Å². The Bertz CT molecular complexity index is 287. The summed E-state index contributed by atoms with van der Waals surface area (Å²) < 4.78 is 0. The summed E-state index contributed by atoms with van der Waals surface area (Å²) in [6, 6.07) is 9.88. The van der Waals surface area contributed by atoms with Gasteiger partial charge in [-0.05, 0) is 12.0 Å². The van der Waals surface area contributed by atoms with Crippen molar-refractivity contribution in [2.75, 3.05) is 0 Å². The Morgan fingerprint density at radius 1 is 1.43 bits per heavy atom. The maximum atomic E-state index is 11.4. The van der Waals surface area contributed by atoms with Crippen molar-refractivity contribution in [1.29, 1.82) is 0 Å². The summed E-state index contributed by atoms with van der Waals surface area (Å²) in [7, 11) is 0. The molecule has 0 unspecified atom stereocenters. The van der Waals surface area contributed by atoms with Crippen LogP contribution < -0.4 is 5.32 Å². The first-order chi connectivity index (χ1) is 6.74. The molecule has 0 fully saturated rings. The predicted octanol–water partition coefficient (Wildman–Crippen LogP) is 2.48.